The van der Waals surface area contributed by atoms with Gasteiger partial charge in [0.25, 0.3) is 0 Å². The Morgan fingerprint density at radius 2 is 2.20 bits per heavy atom. The smallest absolute Gasteiger partial charge is 0.188 e. The van der Waals surface area contributed by atoms with E-state index in [2.05, 4.69) is 23.5 Å². The van der Waals surface area contributed by atoms with Crippen LogP contribution in [0.5, 0.6) is 0 Å². The second-order valence-electron chi connectivity index (χ2n) is 4.41. The standard InChI is InChI=1S/C11H23N3S/c1-9(8-15-2)7-13-11(12)14-10-5-3-4-6-10/h9-10H,3-8H2,1-2H3,(H3,12,13,14). The zero-order chi connectivity index (χ0) is 11.1. The van der Waals surface area contributed by atoms with Crippen LogP contribution >= 0.6 is 11.8 Å². The van der Waals surface area contributed by atoms with Gasteiger partial charge in [-0.3, -0.25) is 4.99 Å². The fraction of sp³-hybridized carbons (Fsp3) is 0.909. The van der Waals surface area contributed by atoms with Crippen LogP contribution in [0.2, 0.25) is 0 Å². The highest BCUT2D eigenvalue weighted by Crippen LogP contribution is 2.17. The predicted octanol–water partition coefficient (Wildman–Crippen LogP) is 1.83. The van der Waals surface area contributed by atoms with E-state index in [4.69, 9.17) is 5.73 Å². The van der Waals surface area contributed by atoms with E-state index in [0.717, 1.165) is 12.3 Å². The maximum Gasteiger partial charge on any atom is 0.188 e. The molecule has 0 amide bonds. The molecule has 0 aliphatic heterocycles. The average molecular weight is 229 g/mol. The largest absolute Gasteiger partial charge is 0.370 e. The van der Waals surface area contributed by atoms with Crippen molar-refractivity contribution in [2.75, 3.05) is 18.6 Å². The highest BCUT2D eigenvalue weighted by molar-refractivity contribution is 7.98. The second kappa shape index (κ2) is 6.99. The third kappa shape index (κ3) is 5.30. The third-order valence-corrected chi connectivity index (χ3v) is 3.63. The summed E-state index contributed by atoms with van der Waals surface area (Å²) in [6.07, 6.45) is 7.27. The van der Waals surface area contributed by atoms with E-state index in [0.29, 0.717) is 17.9 Å². The second-order valence-corrected chi connectivity index (χ2v) is 5.32. The molecule has 0 radical (unpaired) electrons. The Morgan fingerprint density at radius 1 is 1.53 bits per heavy atom. The van der Waals surface area contributed by atoms with E-state index in [-0.39, 0.29) is 0 Å². The lowest BCUT2D eigenvalue weighted by molar-refractivity contribution is 0.617. The van der Waals surface area contributed by atoms with Gasteiger partial charge in [-0.15, -0.1) is 0 Å². The monoisotopic (exact) mass is 229 g/mol. The molecular formula is C11H23N3S. The van der Waals surface area contributed by atoms with Gasteiger partial charge in [0.05, 0.1) is 0 Å². The molecule has 0 aromatic heterocycles. The molecule has 88 valence electrons. The number of hydrogen-bond acceptors (Lipinski definition) is 2. The molecule has 1 saturated carbocycles. The minimum atomic E-state index is 0.574. The Bertz CT molecular complexity index is 200. The first-order chi connectivity index (χ1) is 7.22. The fourth-order valence-corrected chi connectivity index (χ4v) is 2.59. The van der Waals surface area contributed by atoms with Crippen LogP contribution in [0, 0.1) is 5.92 Å². The Balaban J connectivity index is 2.19. The molecule has 3 nitrogen and oxygen atoms in total. The zero-order valence-electron chi connectivity index (χ0n) is 9.83. The normalized spacial score (nSPS) is 20.5. The summed E-state index contributed by atoms with van der Waals surface area (Å²) in [5, 5.41) is 3.30. The van der Waals surface area contributed by atoms with Crippen molar-refractivity contribution in [3.63, 3.8) is 0 Å². The van der Waals surface area contributed by atoms with E-state index in [1.807, 2.05) is 11.8 Å². The van der Waals surface area contributed by atoms with Crippen LogP contribution in [0.25, 0.3) is 0 Å². The van der Waals surface area contributed by atoms with Crippen molar-refractivity contribution in [1.29, 1.82) is 0 Å². The summed E-state index contributed by atoms with van der Waals surface area (Å²) in [5.74, 6) is 2.40. The minimum Gasteiger partial charge on any atom is -0.370 e. The molecule has 4 heteroatoms. The van der Waals surface area contributed by atoms with Gasteiger partial charge < -0.3 is 11.1 Å². The van der Waals surface area contributed by atoms with Crippen molar-refractivity contribution in [3.05, 3.63) is 0 Å². The number of rotatable bonds is 5. The summed E-state index contributed by atoms with van der Waals surface area (Å²) < 4.78 is 0. The third-order valence-electron chi connectivity index (χ3n) is 2.73. The zero-order valence-corrected chi connectivity index (χ0v) is 10.6. The topological polar surface area (TPSA) is 50.4 Å². The van der Waals surface area contributed by atoms with E-state index in [9.17, 15) is 0 Å². The molecule has 15 heavy (non-hydrogen) atoms. The molecule has 0 aromatic carbocycles. The number of nitrogens with zero attached hydrogens (tertiary/aromatic N) is 1. The Morgan fingerprint density at radius 3 is 2.80 bits per heavy atom. The highest BCUT2D eigenvalue weighted by Gasteiger charge is 2.14. The molecule has 1 fully saturated rings. The SMILES string of the molecule is CSCC(C)CN=C(N)NC1CCCC1. The number of hydrogen-bond donors (Lipinski definition) is 2. The summed E-state index contributed by atoms with van der Waals surface area (Å²) in [4.78, 5) is 4.38. The molecular weight excluding hydrogens is 206 g/mol. The van der Waals surface area contributed by atoms with Gasteiger partial charge in [-0.1, -0.05) is 19.8 Å². The molecule has 1 rings (SSSR count). The maximum atomic E-state index is 5.83. The van der Waals surface area contributed by atoms with E-state index in [1.165, 1.54) is 25.7 Å². The van der Waals surface area contributed by atoms with Gasteiger partial charge in [0, 0.05) is 12.6 Å². The van der Waals surface area contributed by atoms with Crippen LogP contribution < -0.4 is 11.1 Å². The number of guanidine groups is 1. The van der Waals surface area contributed by atoms with Gasteiger partial charge in [-0.05, 0) is 30.8 Å². The van der Waals surface area contributed by atoms with Gasteiger partial charge in [-0.25, -0.2) is 0 Å². The molecule has 1 aliphatic carbocycles. The van der Waals surface area contributed by atoms with Crippen LogP contribution in [0.4, 0.5) is 0 Å². The van der Waals surface area contributed by atoms with E-state index in [1.54, 1.807) is 0 Å². The summed E-state index contributed by atoms with van der Waals surface area (Å²) in [5.41, 5.74) is 5.83. The van der Waals surface area contributed by atoms with Gasteiger partial charge in [0.15, 0.2) is 5.96 Å². The van der Waals surface area contributed by atoms with E-state index < -0.39 is 0 Å². The molecule has 1 aliphatic rings. The van der Waals surface area contributed by atoms with Crippen LogP contribution in [-0.4, -0.2) is 30.6 Å². The van der Waals surface area contributed by atoms with Crippen molar-refractivity contribution in [1.82, 2.24) is 5.32 Å². The lowest BCUT2D eigenvalue weighted by Crippen LogP contribution is -2.38. The number of nitrogens with one attached hydrogen (secondary N) is 1. The Labute approximate surface area is 97.3 Å². The van der Waals surface area contributed by atoms with E-state index >= 15 is 0 Å². The van der Waals surface area contributed by atoms with Crippen molar-refractivity contribution >= 4 is 17.7 Å². The highest BCUT2D eigenvalue weighted by atomic mass is 32.2. The Kier molecular flexibility index (Phi) is 5.91. The van der Waals surface area contributed by atoms with Gasteiger partial charge in [0.1, 0.15) is 0 Å². The number of thioether (sulfide) groups is 1. The molecule has 1 atom stereocenters. The van der Waals surface area contributed by atoms with Crippen molar-refractivity contribution < 1.29 is 0 Å². The van der Waals surface area contributed by atoms with Crippen molar-refractivity contribution in [2.45, 2.75) is 38.6 Å². The number of aliphatic imine (C=N–C) groups is 1. The van der Waals surface area contributed by atoms with Gasteiger partial charge in [-0.2, -0.15) is 11.8 Å². The first-order valence-corrected chi connectivity index (χ1v) is 7.17. The fourth-order valence-electron chi connectivity index (χ4n) is 1.92. The first kappa shape index (κ1) is 12.7. The minimum absolute atomic E-state index is 0.574. The lowest BCUT2D eigenvalue weighted by atomic mass is 10.2. The van der Waals surface area contributed by atoms with Crippen LogP contribution in [0.1, 0.15) is 32.6 Å². The summed E-state index contributed by atoms with van der Waals surface area (Å²) >= 11 is 1.86. The lowest BCUT2D eigenvalue weighted by Gasteiger charge is -2.13. The average Bonchev–Trinajstić information content (AvgIpc) is 2.68. The molecule has 1 unspecified atom stereocenters. The predicted molar refractivity (Wildman–Crippen MR) is 69.4 cm³/mol. The van der Waals surface area contributed by atoms with Crippen molar-refractivity contribution in [3.8, 4) is 0 Å². The maximum absolute atomic E-state index is 5.83. The van der Waals surface area contributed by atoms with Crippen LogP contribution in [-0.2, 0) is 0 Å². The molecule has 0 aromatic rings. The Hall–Kier alpha value is -0.380. The van der Waals surface area contributed by atoms with Gasteiger partial charge in [0.2, 0.25) is 0 Å². The molecule has 0 spiro atoms. The summed E-state index contributed by atoms with van der Waals surface area (Å²) in [6.45, 7) is 3.05. The number of nitrogens with two attached hydrogens (primary N) is 1. The molecule has 0 bridgehead atoms. The molecule has 0 heterocycles. The quantitative estimate of drug-likeness (QED) is 0.558. The van der Waals surface area contributed by atoms with Gasteiger partial charge >= 0.3 is 0 Å². The summed E-state index contributed by atoms with van der Waals surface area (Å²) in [6, 6.07) is 0.574. The summed E-state index contributed by atoms with van der Waals surface area (Å²) in [7, 11) is 0. The van der Waals surface area contributed by atoms with Crippen LogP contribution in [0.15, 0.2) is 4.99 Å². The first-order valence-electron chi connectivity index (χ1n) is 5.77. The van der Waals surface area contributed by atoms with Crippen LogP contribution in [0.3, 0.4) is 0 Å². The molecule has 3 N–H and O–H groups in total. The molecule has 0 saturated heterocycles. The van der Waals surface area contributed by atoms with Crippen molar-refractivity contribution in [2.24, 2.45) is 16.6 Å².